The summed E-state index contributed by atoms with van der Waals surface area (Å²) in [5.74, 6) is 0.846. The zero-order chi connectivity index (χ0) is 16.5. The summed E-state index contributed by atoms with van der Waals surface area (Å²) >= 11 is 6.06. The number of benzene rings is 1. The molecule has 0 aliphatic carbocycles. The molecular formula is C17H19ClN4O2. The molecule has 1 saturated heterocycles. The van der Waals surface area contributed by atoms with Crippen LogP contribution in [0.2, 0.25) is 5.02 Å². The van der Waals surface area contributed by atoms with Crippen LogP contribution in [0.5, 0.6) is 5.75 Å². The maximum absolute atomic E-state index is 12.9. The highest BCUT2D eigenvalue weighted by atomic mass is 35.5. The molecule has 3 heterocycles. The SMILES string of the molecule is O=C([C@H]1COc2ccc(Cl)cc2C1)N1CCC[C@@H](n2cncn2)C1. The number of fused-ring (bicyclic) bond motifs is 1. The van der Waals surface area contributed by atoms with Gasteiger partial charge in [-0.05, 0) is 43.0 Å². The van der Waals surface area contributed by atoms with Crippen molar-refractivity contribution in [1.82, 2.24) is 19.7 Å². The summed E-state index contributed by atoms with van der Waals surface area (Å²) in [6.07, 6.45) is 5.94. The van der Waals surface area contributed by atoms with Gasteiger partial charge in [-0.3, -0.25) is 4.79 Å². The van der Waals surface area contributed by atoms with Gasteiger partial charge < -0.3 is 9.64 Å². The number of aromatic nitrogens is 3. The first-order chi connectivity index (χ1) is 11.7. The van der Waals surface area contributed by atoms with E-state index in [1.807, 2.05) is 27.8 Å². The lowest BCUT2D eigenvalue weighted by Crippen LogP contribution is -2.46. The standard InChI is InChI=1S/C17H19ClN4O2/c18-14-3-4-16-12(7-14)6-13(9-24-16)17(23)21-5-1-2-15(8-21)22-11-19-10-20-22/h3-4,7,10-11,13,15H,1-2,5-6,8-9H2/t13-,15-/m1/s1. The van der Waals surface area contributed by atoms with Crippen LogP contribution in [0, 0.1) is 5.92 Å². The first-order valence-corrected chi connectivity index (χ1v) is 8.62. The second-order valence-electron chi connectivity index (χ2n) is 6.42. The summed E-state index contributed by atoms with van der Waals surface area (Å²) in [6.45, 7) is 1.90. The third-order valence-electron chi connectivity index (χ3n) is 4.80. The van der Waals surface area contributed by atoms with E-state index in [4.69, 9.17) is 16.3 Å². The average Bonchev–Trinajstić information content (AvgIpc) is 3.15. The lowest BCUT2D eigenvalue weighted by atomic mass is 9.94. The Labute approximate surface area is 145 Å². The molecular weight excluding hydrogens is 328 g/mol. The van der Waals surface area contributed by atoms with Crippen LogP contribution in [-0.4, -0.2) is 45.3 Å². The molecule has 0 bridgehead atoms. The topological polar surface area (TPSA) is 60.2 Å². The van der Waals surface area contributed by atoms with Crippen LogP contribution in [0.15, 0.2) is 30.9 Å². The number of hydrogen-bond acceptors (Lipinski definition) is 4. The average molecular weight is 347 g/mol. The highest BCUT2D eigenvalue weighted by Crippen LogP contribution is 2.31. The molecule has 1 aromatic heterocycles. The van der Waals surface area contributed by atoms with Crippen molar-refractivity contribution in [1.29, 1.82) is 0 Å². The molecule has 1 fully saturated rings. The smallest absolute Gasteiger partial charge is 0.229 e. The maximum atomic E-state index is 12.9. The third-order valence-corrected chi connectivity index (χ3v) is 5.03. The molecule has 0 saturated carbocycles. The number of rotatable bonds is 2. The quantitative estimate of drug-likeness (QED) is 0.837. The Morgan fingerprint density at radius 3 is 3.12 bits per heavy atom. The number of hydrogen-bond donors (Lipinski definition) is 0. The highest BCUT2D eigenvalue weighted by Gasteiger charge is 2.32. The second-order valence-corrected chi connectivity index (χ2v) is 6.86. The number of halogens is 1. The largest absolute Gasteiger partial charge is 0.492 e. The Kier molecular flexibility index (Phi) is 4.14. The molecule has 6 nitrogen and oxygen atoms in total. The fourth-order valence-corrected chi connectivity index (χ4v) is 3.75. The molecule has 24 heavy (non-hydrogen) atoms. The van der Waals surface area contributed by atoms with Crippen molar-refractivity contribution in [3.63, 3.8) is 0 Å². The van der Waals surface area contributed by atoms with Crippen LogP contribution >= 0.6 is 11.6 Å². The van der Waals surface area contributed by atoms with Gasteiger partial charge in [0.05, 0.1) is 12.0 Å². The third kappa shape index (κ3) is 2.98. The molecule has 2 aliphatic rings. The molecule has 1 aromatic carbocycles. The first-order valence-electron chi connectivity index (χ1n) is 8.25. The maximum Gasteiger partial charge on any atom is 0.229 e. The minimum atomic E-state index is -0.148. The van der Waals surface area contributed by atoms with E-state index in [0.717, 1.165) is 30.7 Å². The number of carbonyl (C=O) groups excluding carboxylic acids is 1. The van der Waals surface area contributed by atoms with Crippen molar-refractivity contribution in [3.8, 4) is 5.75 Å². The van der Waals surface area contributed by atoms with Crippen LogP contribution in [0.25, 0.3) is 0 Å². The van der Waals surface area contributed by atoms with Gasteiger partial charge in [-0.2, -0.15) is 5.10 Å². The van der Waals surface area contributed by atoms with E-state index < -0.39 is 0 Å². The molecule has 2 atom stereocenters. The molecule has 4 rings (SSSR count). The van der Waals surface area contributed by atoms with Gasteiger partial charge in [0.2, 0.25) is 5.91 Å². The van der Waals surface area contributed by atoms with Gasteiger partial charge >= 0.3 is 0 Å². The normalized spacial score (nSPS) is 23.5. The molecule has 126 valence electrons. The van der Waals surface area contributed by atoms with Crippen molar-refractivity contribution in [2.45, 2.75) is 25.3 Å². The molecule has 0 unspecified atom stereocenters. The summed E-state index contributed by atoms with van der Waals surface area (Å²) in [7, 11) is 0. The Morgan fingerprint density at radius 1 is 1.38 bits per heavy atom. The fourth-order valence-electron chi connectivity index (χ4n) is 3.56. The van der Waals surface area contributed by atoms with Crippen LogP contribution in [0.1, 0.15) is 24.4 Å². The van der Waals surface area contributed by atoms with Gasteiger partial charge in [0.15, 0.2) is 0 Å². The fraction of sp³-hybridized carbons (Fsp3) is 0.471. The minimum absolute atomic E-state index is 0.148. The van der Waals surface area contributed by atoms with Crippen molar-refractivity contribution in [3.05, 3.63) is 41.4 Å². The first kappa shape index (κ1) is 15.4. The number of piperidine rings is 1. The summed E-state index contributed by atoms with van der Waals surface area (Å²) in [5.41, 5.74) is 1.01. The number of nitrogens with zero attached hydrogens (tertiary/aromatic N) is 4. The number of likely N-dealkylation sites (tertiary alicyclic amines) is 1. The van der Waals surface area contributed by atoms with E-state index in [1.54, 1.807) is 6.33 Å². The van der Waals surface area contributed by atoms with Gasteiger partial charge in [0.1, 0.15) is 25.0 Å². The van der Waals surface area contributed by atoms with Gasteiger partial charge in [0.25, 0.3) is 0 Å². The lowest BCUT2D eigenvalue weighted by Gasteiger charge is -2.36. The van der Waals surface area contributed by atoms with Crippen LogP contribution < -0.4 is 4.74 Å². The number of carbonyl (C=O) groups is 1. The summed E-state index contributed by atoms with van der Waals surface area (Å²) in [4.78, 5) is 18.9. The van der Waals surface area contributed by atoms with Gasteiger partial charge in [0, 0.05) is 18.1 Å². The molecule has 2 aromatic rings. The van der Waals surface area contributed by atoms with E-state index in [0.29, 0.717) is 24.6 Å². The Balaban J connectivity index is 1.46. The van der Waals surface area contributed by atoms with Crippen molar-refractivity contribution < 1.29 is 9.53 Å². The van der Waals surface area contributed by atoms with Crippen LogP contribution in [0.3, 0.4) is 0 Å². The Morgan fingerprint density at radius 2 is 2.29 bits per heavy atom. The lowest BCUT2D eigenvalue weighted by molar-refractivity contribution is -0.138. The molecule has 0 N–H and O–H groups in total. The van der Waals surface area contributed by atoms with E-state index in [-0.39, 0.29) is 17.9 Å². The van der Waals surface area contributed by atoms with E-state index >= 15 is 0 Å². The van der Waals surface area contributed by atoms with Crippen molar-refractivity contribution >= 4 is 17.5 Å². The Bertz CT molecular complexity index is 734. The van der Waals surface area contributed by atoms with Gasteiger partial charge in [-0.25, -0.2) is 9.67 Å². The van der Waals surface area contributed by atoms with Gasteiger partial charge in [-0.1, -0.05) is 11.6 Å². The van der Waals surface area contributed by atoms with Crippen molar-refractivity contribution in [2.75, 3.05) is 19.7 Å². The molecule has 0 radical (unpaired) electrons. The molecule has 0 spiro atoms. The predicted molar refractivity (Wildman–Crippen MR) is 89.0 cm³/mol. The van der Waals surface area contributed by atoms with Gasteiger partial charge in [-0.15, -0.1) is 0 Å². The zero-order valence-electron chi connectivity index (χ0n) is 13.3. The highest BCUT2D eigenvalue weighted by molar-refractivity contribution is 6.30. The zero-order valence-corrected chi connectivity index (χ0v) is 14.0. The molecule has 7 heteroatoms. The number of amides is 1. The molecule has 1 amide bonds. The summed E-state index contributed by atoms with van der Waals surface area (Å²) in [5, 5.41) is 4.89. The van der Waals surface area contributed by atoms with Crippen LogP contribution in [-0.2, 0) is 11.2 Å². The second kappa shape index (κ2) is 6.43. The number of ether oxygens (including phenoxy) is 1. The Hall–Kier alpha value is -2.08. The van der Waals surface area contributed by atoms with E-state index in [2.05, 4.69) is 10.1 Å². The minimum Gasteiger partial charge on any atom is -0.492 e. The van der Waals surface area contributed by atoms with Crippen molar-refractivity contribution in [2.24, 2.45) is 5.92 Å². The van der Waals surface area contributed by atoms with Crippen LogP contribution in [0.4, 0.5) is 0 Å². The summed E-state index contributed by atoms with van der Waals surface area (Å²) in [6, 6.07) is 5.79. The molecule has 2 aliphatic heterocycles. The van der Waals surface area contributed by atoms with E-state index in [9.17, 15) is 4.79 Å². The predicted octanol–water partition coefficient (Wildman–Crippen LogP) is 2.35. The van der Waals surface area contributed by atoms with E-state index in [1.165, 1.54) is 6.33 Å². The monoisotopic (exact) mass is 346 g/mol. The summed E-state index contributed by atoms with van der Waals surface area (Å²) < 4.78 is 7.62.